The number of carbonyl (C=O) groups excluding carboxylic acids is 3. The molecule has 0 bridgehead atoms. The molecule has 0 saturated carbocycles. The molecule has 34 heavy (non-hydrogen) atoms. The summed E-state index contributed by atoms with van der Waals surface area (Å²) < 4.78 is 12.6. The molecule has 3 aromatic rings. The van der Waals surface area contributed by atoms with Crippen molar-refractivity contribution in [3.63, 3.8) is 0 Å². The molecule has 1 aromatic carbocycles. The number of furan rings is 1. The van der Waals surface area contributed by atoms with Crippen LogP contribution in [0, 0.1) is 0 Å². The first-order valence-electron chi connectivity index (χ1n) is 10.9. The Bertz CT molecular complexity index is 1130. The van der Waals surface area contributed by atoms with E-state index in [2.05, 4.69) is 15.6 Å². The van der Waals surface area contributed by atoms with E-state index in [9.17, 15) is 14.4 Å². The normalized spacial score (nSPS) is 11.9. The van der Waals surface area contributed by atoms with Gasteiger partial charge in [0.15, 0.2) is 11.5 Å². The highest BCUT2D eigenvalue weighted by atomic mass is 32.2. The van der Waals surface area contributed by atoms with E-state index in [1.54, 1.807) is 44.5 Å². The number of hydrogen-bond acceptors (Lipinski definition) is 8. The minimum Gasteiger partial charge on any atom is -0.497 e. The standard InChI is InChI=1S/C24H28N4O5S/c1-4-11-28(34-23-7-5-6-10-25-23)15-19(29)16(2)27-22(30)14-26-24(31)21-13-17-12-18(32-3)8-9-20(17)33-21/h5-10,12-13,16H,4,11,14-15H2,1-3H3,(H,26,31)(H,27,30). The quantitative estimate of drug-likeness (QED) is 0.377. The first-order chi connectivity index (χ1) is 16.4. The maximum Gasteiger partial charge on any atom is 0.287 e. The van der Waals surface area contributed by atoms with Crippen molar-refractivity contribution in [1.82, 2.24) is 19.9 Å². The van der Waals surface area contributed by atoms with Gasteiger partial charge in [-0.3, -0.25) is 14.4 Å². The Labute approximate surface area is 202 Å². The molecule has 0 aliphatic carbocycles. The molecular formula is C24H28N4O5S. The number of aromatic nitrogens is 1. The fourth-order valence-electron chi connectivity index (χ4n) is 3.13. The number of hydrogen-bond donors (Lipinski definition) is 2. The molecule has 2 aromatic heterocycles. The van der Waals surface area contributed by atoms with Crippen LogP contribution in [-0.4, -0.2) is 59.7 Å². The Kier molecular flexibility index (Phi) is 9.06. The van der Waals surface area contributed by atoms with Crippen molar-refractivity contribution in [2.24, 2.45) is 0 Å². The van der Waals surface area contributed by atoms with Gasteiger partial charge in [0.1, 0.15) is 16.4 Å². The van der Waals surface area contributed by atoms with Gasteiger partial charge in [-0.2, -0.15) is 0 Å². The van der Waals surface area contributed by atoms with Crippen LogP contribution in [0.25, 0.3) is 11.0 Å². The summed E-state index contributed by atoms with van der Waals surface area (Å²) in [6.45, 7) is 4.24. The highest BCUT2D eigenvalue weighted by Crippen LogP contribution is 2.24. The smallest absolute Gasteiger partial charge is 0.287 e. The third kappa shape index (κ3) is 7.06. The maximum atomic E-state index is 12.7. The van der Waals surface area contributed by atoms with Gasteiger partial charge in [0.2, 0.25) is 5.91 Å². The third-order valence-electron chi connectivity index (χ3n) is 4.88. The van der Waals surface area contributed by atoms with Gasteiger partial charge in [0, 0.05) is 18.1 Å². The Hall–Kier alpha value is -3.37. The average molecular weight is 485 g/mol. The lowest BCUT2D eigenvalue weighted by atomic mass is 10.2. The third-order valence-corrected chi connectivity index (χ3v) is 5.88. The van der Waals surface area contributed by atoms with Gasteiger partial charge in [0.05, 0.1) is 26.2 Å². The molecule has 10 heteroatoms. The lowest BCUT2D eigenvalue weighted by Gasteiger charge is -2.21. The molecule has 0 aliphatic heterocycles. The lowest BCUT2D eigenvalue weighted by Crippen LogP contribution is -2.46. The summed E-state index contributed by atoms with van der Waals surface area (Å²) >= 11 is 1.41. The molecule has 9 nitrogen and oxygen atoms in total. The minimum absolute atomic E-state index is 0.0851. The largest absolute Gasteiger partial charge is 0.497 e. The number of amides is 2. The maximum absolute atomic E-state index is 12.7. The highest BCUT2D eigenvalue weighted by molar-refractivity contribution is 7.97. The van der Waals surface area contributed by atoms with Crippen molar-refractivity contribution in [3.05, 3.63) is 54.4 Å². The van der Waals surface area contributed by atoms with E-state index < -0.39 is 17.9 Å². The van der Waals surface area contributed by atoms with Gasteiger partial charge in [-0.05, 0) is 61.7 Å². The van der Waals surface area contributed by atoms with Gasteiger partial charge >= 0.3 is 0 Å². The molecule has 1 atom stereocenters. The van der Waals surface area contributed by atoms with Gasteiger partial charge in [-0.1, -0.05) is 13.0 Å². The van der Waals surface area contributed by atoms with Crippen LogP contribution in [0.5, 0.6) is 5.75 Å². The molecule has 1 unspecified atom stereocenters. The summed E-state index contributed by atoms with van der Waals surface area (Å²) in [5.74, 6) is -0.393. The number of nitrogens with one attached hydrogen (secondary N) is 2. The zero-order chi connectivity index (χ0) is 24.5. The fraction of sp³-hybridized carbons (Fsp3) is 0.333. The van der Waals surface area contributed by atoms with Crippen LogP contribution in [0.15, 0.2) is 58.1 Å². The molecule has 0 radical (unpaired) electrons. The van der Waals surface area contributed by atoms with Crippen LogP contribution in [0.2, 0.25) is 0 Å². The summed E-state index contributed by atoms with van der Waals surface area (Å²) in [5.41, 5.74) is 0.537. The van der Waals surface area contributed by atoms with Gasteiger partial charge in [0.25, 0.3) is 5.91 Å². The average Bonchev–Trinajstić information content (AvgIpc) is 3.26. The van der Waals surface area contributed by atoms with Crippen LogP contribution < -0.4 is 15.4 Å². The van der Waals surface area contributed by atoms with Crippen LogP contribution >= 0.6 is 11.9 Å². The van der Waals surface area contributed by atoms with Gasteiger partial charge < -0.3 is 19.8 Å². The monoisotopic (exact) mass is 484 g/mol. The van der Waals surface area contributed by atoms with E-state index >= 15 is 0 Å². The van der Waals surface area contributed by atoms with Crippen LogP contribution in [0.1, 0.15) is 30.8 Å². The van der Waals surface area contributed by atoms with Gasteiger partial charge in [-0.25, -0.2) is 9.29 Å². The number of ketones is 1. The molecule has 0 spiro atoms. The van der Waals surface area contributed by atoms with Crippen LogP contribution in [0.4, 0.5) is 0 Å². The van der Waals surface area contributed by atoms with E-state index in [-0.39, 0.29) is 24.6 Å². The Morgan fingerprint density at radius 3 is 2.74 bits per heavy atom. The number of methoxy groups -OCH3 is 1. The molecule has 2 amide bonds. The first kappa shape index (κ1) is 25.3. The van der Waals surface area contributed by atoms with Crippen molar-refractivity contribution in [1.29, 1.82) is 0 Å². The van der Waals surface area contributed by atoms with Crippen molar-refractivity contribution in [3.8, 4) is 5.75 Å². The number of ether oxygens (including phenoxy) is 1. The molecule has 3 rings (SSSR count). The van der Waals surface area contributed by atoms with Crippen molar-refractivity contribution in [2.45, 2.75) is 31.3 Å². The zero-order valence-electron chi connectivity index (χ0n) is 19.4. The number of pyridine rings is 1. The second kappa shape index (κ2) is 12.2. The summed E-state index contributed by atoms with van der Waals surface area (Å²) in [4.78, 5) is 41.6. The van der Waals surface area contributed by atoms with Crippen molar-refractivity contribution >= 4 is 40.5 Å². The lowest BCUT2D eigenvalue weighted by molar-refractivity contribution is -0.126. The zero-order valence-corrected chi connectivity index (χ0v) is 20.2. The fourth-order valence-corrected chi connectivity index (χ4v) is 4.11. The predicted octanol–water partition coefficient (Wildman–Crippen LogP) is 3.06. The Morgan fingerprint density at radius 2 is 2.03 bits per heavy atom. The minimum atomic E-state index is -0.702. The molecule has 0 aliphatic rings. The number of Topliss-reactive ketones (excluding diaryl/α,β-unsaturated/α-hetero) is 1. The number of carbonyl (C=O) groups is 3. The molecular weight excluding hydrogens is 456 g/mol. The van der Waals surface area contributed by atoms with E-state index in [0.717, 1.165) is 11.4 Å². The summed E-state index contributed by atoms with van der Waals surface area (Å²) in [6, 6.07) is 11.7. The summed E-state index contributed by atoms with van der Waals surface area (Å²) in [5, 5.41) is 6.67. The molecule has 2 heterocycles. The second-order valence-corrected chi connectivity index (χ2v) is 8.69. The Balaban J connectivity index is 1.48. The molecule has 0 fully saturated rings. The molecule has 2 N–H and O–H groups in total. The molecule has 180 valence electrons. The van der Waals surface area contributed by atoms with Crippen molar-refractivity contribution < 1.29 is 23.5 Å². The predicted molar refractivity (Wildman–Crippen MR) is 130 cm³/mol. The first-order valence-corrected chi connectivity index (χ1v) is 11.7. The molecule has 0 saturated heterocycles. The topological polar surface area (TPSA) is 114 Å². The summed E-state index contributed by atoms with van der Waals surface area (Å²) in [7, 11) is 1.56. The second-order valence-electron chi connectivity index (χ2n) is 7.58. The highest BCUT2D eigenvalue weighted by Gasteiger charge is 2.20. The van der Waals surface area contributed by atoms with E-state index in [1.807, 2.05) is 29.4 Å². The summed E-state index contributed by atoms with van der Waals surface area (Å²) in [6.07, 6.45) is 2.57. The number of benzene rings is 1. The number of nitrogens with zero attached hydrogens (tertiary/aromatic N) is 2. The van der Waals surface area contributed by atoms with E-state index in [0.29, 0.717) is 23.3 Å². The van der Waals surface area contributed by atoms with Gasteiger partial charge in [-0.15, -0.1) is 0 Å². The van der Waals surface area contributed by atoms with Crippen LogP contribution in [0.3, 0.4) is 0 Å². The number of fused-ring (bicyclic) bond motifs is 1. The number of rotatable bonds is 12. The SMILES string of the molecule is CCCN(CC(=O)C(C)NC(=O)CNC(=O)c1cc2cc(OC)ccc2o1)Sc1ccccn1. The van der Waals surface area contributed by atoms with E-state index in [1.165, 1.54) is 11.9 Å². The van der Waals surface area contributed by atoms with Crippen LogP contribution in [-0.2, 0) is 9.59 Å². The van der Waals surface area contributed by atoms with E-state index in [4.69, 9.17) is 9.15 Å². The Morgan fingerprint density at radius 1 is 1.21 bits per heavy atom. The van der Waals surface area contributed by atoms with Crippen molar-refractivity contribution in [2.75, 3.05) is 26.7 Å².